The van der Waals surface area contributed by atoms with Gasteiger partial charge >= 0.3 is 0 Å². The third-order valence-corrected chi connectivity index (χ3v) is 2.62. The van der Waals surface area contributed by atoms with Crippen molar-refractivity contribution in [3.63, 3.8) is 0 Å². The molecule has 2 N–H and O–H groups in total. The highest BCUT2D eigenvalue weighted by molar-refractivity contribution is 5.85. The molecule has 1 aromatic carbocycles. The molecule has 1 fully saturated rings. The summed E-state index contributed by atoms with van der Waals surface area (Å²) in [6.07, 6.45) is 0. The molecule has 0 aliphatic carbocycles. The Balaban J connectivity index is 0.00000128. The maximum absolute atomic E-state index is 13.2. The van der Waals surface area contributed by atoms with E-state index in [9.17, 15) is 4.39 Å². The van der Waals surface area contributed by atoms with Crippen LogP contribution in [0.2, 0.25) is 0 Å². The first-order chi connectivity index (χ1) is 7.31. The van der Waals surface area contributed by atoms with Gasteiger partial charge in [0.15, 0.2) is 11.6 Å². The van der Waals surface area contributed by atoms with Gasteiger partial charge in [0, 0.05) is 25.7 Å². The van der Waals surface area contributed by atoms with Crippen LogP contribution in [-0.4, -0.2) is 26.7 Å². The van der Waals surface area contributed by atoms with Gasteiger partial charge in [-0.3, -0.25) is 0 Å². The van der Waals surface area contributed by atoms with E-state index in [0.717, 1.165) is 25.2 Å². The van der Waals surface area contributed by atoms with Crippen molar-refractivity contribution in [1.82, 2.24) is 10.6 Å². The number of ether oxygens (including phenoxy) is 1. The molecule has 0 unspecified atom stereocenters. The van der Waals surface area contributed by atoms with Crippen molar-refractivity contribution in [3.05, 3.63) is 29.6 Å². The lowest BCUT2D eigenvalue weighted by atomic mass is 10.1. The van der Waals surface area contributed by atoms with E-state index in [-0.39, 0.29) is 24.3 Å². The molecule has 2 rings (SSSR count). The number of hydrogen-bond donors (Lipinski definition) is 2. The highest BCUT2D eigenvalue weighted by Gasteiger charge is 2.15. The molecule has 1 aromatic rings. The molecule has 1 aliphatic heterocycles. The molecule has 1 heterocycles. The summed E-state index contributed by atoms with van der Waals surface area (Å²) in [5.41, 5.74) is 1.06. The van der Waals surface area contributed by atoms with Crippen LogP contribution in [0.3, 0.4) is 0 Å². The fourth-order valence-corrected chi connectivity index (χ4v) is 1.78. The quantitative estimate of drug-likeness (QED) is 0.830. The third kappa shape index (κ3) is 2.84. The lowest BCUT2D eigenvalue weighted by molar-refractivity contribution is 0.382. The van der Waals surface area contributed by atoms with Gasteiger partial charge in [-0.05, 0) is 17.7 Å². The Morgan fingerprint density at radius 1 is 1.38 bits per heavy atom. The topological polar surface area (TPSA) is 33.3 Å². The van der Waals surface area contributed by atoms with E-state index in [0.29, 0.717) is 5.75 Å². The minimum atomic E-state index is -0.315. The Hall–Kier alpha value is -0.840. The molecule has 1 atom stereocenters. The van der Waals surface area contributed by atoms with Gasteiger partial charge < -0.3 is 15.4 Å². The zero-order chi connectivity index (χ0) is 10.7. The van der Waals surface area contributed by atoms with Crippen molar-refractivity contribution in [3.8, 4) is 5.75 Å². The smallest absolute Gasteiger partial charge is 0.165 e. The largest absolute Gasteiger partial charge is 0.494 e. The van der Waals surface area contributed by atoms with E-state index in [1.807, 2.05) is 0 Å². The monoisotopic (exact) mass is 246 g/mol. The molecule has 1 aliphatic rings. The van der Waals surface area contributed by atoms with Crippen LogP contribution < -0.4 is 15.4 Å². The molecule has 16 heavy (non-hydrogen) atoms. The number of nitrogens with one attached hydrogen (secondary N) is 2. The second kappa shape index (κ2) is 6.03. The van der Waals surface area contributed by atoms with Gasteiger partial charge in [-0.1, -0.05) is 6.07 Å². The summed E-state index contributed by atoms with van der Waals surface area (Å²) in [4.78, 5) is 0. The van der Waals surface area contributed by atoms with Crippen molar-refractivity contribution in [2.45, 2.75) is 6.04 Å². The normalized spacial score (nSPS) is 20.0. The Morgan fingerprint density at radius 2 is 2.19 bits per heavy atom. The van der Waals surface area contributed by atoms with Crippen LogP contribution in [0.5, 0.6) is 5.75 Å². The average Bonchev–Trinajstić information content (AvgIpc) is 2.31. The lowest BCUT2D eigenvalue weighted by Crippen LogP contribution is -2.42. The SMILES string of the molecule is COc1cc([C@@H]2CNCCN2)ccc1F.Cl. The van der Waals surface area contributed by atoms with Crippen LogP contribution in [0.15, 0.2) is 18.2 Å². The molecule has 5 heteroatoms. The maximum atomic E-state index is 13.2. The molecule has 0 spiro atoms. The molecule has 0 amide bonds. The number of halogens is 2. The number of methoxy groups -OCH3 is 1. The Bertz CT molecular complexity index is 343. The van der Waals surface area contributed by atoms with E-state index in [1.165, 1.54) is 13.2 Å². The van der Waals surface area contributed by atoms with Crippen molar-refractivity contribution in [2.24, 2.45) is 0 Å². The summed E-state index contributed by atoms with van der Waals surface area (Å²) in [6, 6.07) is 5.24. The van der Waals surface area contributed by atoms with Gasteiger partial charge in [-0.2, -0.15) is 0 Å². The first-order valence-electron chi connectivity index (χ1n) is 5.09. The van der Waals surface area contributed by atoms with E-state index in [2.05, 4.69) is 10.6 Å². The molecule has 3 nitrogen and oxygen atoms in total. The maximum Gasteiger partial charge on any atom is 0.165 e. The zero-order valence-electron chi connectivity index (χ0n) is 9.13. The van der Waals surface area contributed by atoms with Crippen molar-refractivity contribution in [2.75, 3.05) is 26.7 Å². The van der Waals surface area contributed by atoms with Crippen LogP contribution in [0, 0.1) is 5.82 Å². The van der Waals surface area contributed by atoms with Gasteiger partial charge in [0.25, 0.3) is 0 Å². The van der Waals surface area contributed by atoms with Crippen molar-refractivity contribution >= 4 is 12.4 Å². The summed E-state index contributed by atoms with van der Waals surface area (Å²) in [6.45, 7) is 2.79. The van der Waals surface area contributed by atoms with Crippen molar-refractivity contribution < 1.29 is 9.13 Å². The lowest BCUT2D eigenvalue weighted by Gasteiger charge is -2.25. The predicted molar refractivity (Wildman–Crippen MR) is 63.8 cm³/mol. The highest BCUT2D eigenvalue weighted by atomic mass is 35.5. The molecular weight excluding hydrogens is 231 g/mol. The summed E-state index contributed by atoms with van der Waals surface area (Å²) >= 11 is 0. The third-order valence-electron chi connectivity index (χ3n) is 2.62. The molecule has 0 saturated carbocycles. The molecular formula is C11H16ClFN2O. The van der Waals surface area contributed by atoms with Crippen LogP contribution in [-0.2, 0) is 0 Å². The highest BCUT2D eigenvalue weighted by Crippen LogP contribution is 2.22. The number of piperazine rings is 1. The fraction of sp³-hybridized carbons (Fsp3) is 0.455. The second-order valence-electron chi connectivity index (χ2n) is 3.60. The summed E-state index contributed by atoms with van der Waals surface area (Å²) < 4.78 is 18.1. The molecule has 0 bridgehead atoms. The first-order valence-corrected chi connectivity index (χ1v) is 5.09. The molecule has 1 saturated heterocycles. The van der Waals surface area contributed by atoms with Crippen molar-refractivity contribution in [1.29, 1.82) is 0 Å². The molecule has 0 radical (unpaired) electrons. The number of rotatable bonds is 2. The zero-order valence-corrected chi connectivity index (χ0v) is 9.94. The number of hydrogen-bond acceptors (Lipinski definition) is 3. The predicted octanol–water partition coefficient (Wildman–Crippen LogP) is 1.49. The second-order valence-corrected chi connectivity index (χ2v) is 3.60. The molecule has 90 valence electrons. The summed E-state index contributed by atoms with van der Waals surface area (Å²) in [5.74, 6) is -0.00936. The van der Waals surface area contributed by atoms with Crippen LogP contribution in [0.25, 0.3) is 0 Å². The number of benzene rings is 1. The van der Waals surface area contributed by atoms with Gasteiger partial charge in [0.2, 0.25) is 0 Å². The minimum Gasteiger partial charge on any atom is -0.494 e. The van der Waals surface area contributed by atoms with E-state index < -0.39 is 0 Å². The summed E-state index contributed by atoms with van der Waals surface area (Å²) in [5, 5.41) is 6.65. The Morgan fingerprint density at radius 3 is 2.81 bits per heavy atom. The van der Waals surface area contributed by atoms with E-state index in [1.54, 1.807) is 12.1 Å². The molecule has 0 aromatic heterocycles. The van der Waals surface area contributed by atoms with Gasteiger partial charge in [-0.15, -0.1) is 12.4 Å². The van der Waals surface area contributed by atoms with E-state index in [4.69, 9.17) is 4.74 Å². The average molecular weight is 247 g/mol. The Kier molecular flexibility index (Phi) is 4.99. The fourth-order valence-electron chi connectivity index (χ4n) is 1.78. The van der Waals surface area contributed by atoms with Gasteiger partial charge in [0.1, 0.15) is 0 Å². The van der Waals surface area contributed by atoms with Crippen LogP contribution >= 0.6 is 12.4 Å². The van der Waals surface area contributed by atoms with Gasteiger partial charge in [0.05, 0.1) is 7.11 Å². The van der Waals surface area contributed by atoms with E-state index >= 15 is 0 Å². The minimum absolute atomic E-state index is 0. The Labute approximate surface area is 101 Å². The summed E-state index contributed by atoms with van der Waals surface area (Å²) in [7, 11) is 1.48. The first kappa shape index (κ1) is 13.2. The van der Waals surface area contributed by atoms with Gasteiger partial charge in [-0.25, -0.2) is 4.39 Å². The standard InChI is InChI=1S/C11H15FN2O.ClH/c1-15-11-6-8(2-3-9(11)12)10-7-13-4-5-14-10;/h2-3,6,10,13-14H,4-5,7H2,1H3;1H/t10-;/m0./s1. The van der Waals surface area contributed by atoms with Crippen LogP contribution in [0.4, 0.5) is 4.39 Å². The van der Waals surface area contributed by atoms with Crippen LogP contribution in [0.1, 0.15) is 11.6 Å².